The number of urea groups is 1. The van der Waals surface area contributed by atoms with Crippen molar-refractivity contribution in [2.24, 2.45) is 0 Å². The van der Waals surface area contributed by atoms with Crippen molar-refractivity contribution in [3.8, 4) is 11.3 Å². The minimum absolute atomic E-state index is 0.0553. The Morgan fingerprint density at radius 1 is 1.07 bits per heavy atom. The van der Waals surface area contributed by atoms with Crippen LogP contribution >= 0.6 is 0 Å². The Labute approximate surface area is 162 Å². The maximum Gasteiger partial charge on any atom is 0.317 e. The number of carbonyl (C=O) groups is 1. The average Bonchev–Trinajstić information content (AvgIpc) is 3.47. The van der Waals surface area contributed by atoms with Gasteiger partial charge in [-0.3, -0.25) is 0 Å². The molecule has 3 aliphatic heterocycles. The largest absolute Gasteiger partial charge is 0.378 e. The quantitative estimate of drug-likeness (QED) is 0.836. The number of hydrogen-bond acceptors (Lipinski definition) is 6. The Kier molecular flexibility index (Phi) is 4.71. The van der Waals surface area contributed by atoms with Gasteiger partial charge in [-0.2, -0.15) is 0 Å². The third-order valence-electron chi connectivity index (χ3n) is 5.55. The summed E-state index contributed by atoms with van der Waals surface area (Å²) in [5.74, 6) is 0. The fourth-order valence-corrected chi connectivity index (χ4v) is 4.03. The summed E-state index contributed by atoms with van der Waals surface area (Å²) in [4.78, 5) is 14.2. The zero-order valence-electron chi connectivity index (χ0n) is 15.4. The van der Waals surface area contributed by atoms with Gasteiger partial charge in [-0.25, -0.2) is 9.48 Å². The van der Waals surface area contributed by atoms with Crippen molar-refractivity contribution in [1.29, 1.82) is 0 Å². The molecule has 0 radical (unpaired) electrons. The van der Waals surface area contributed by atoms with E-state index in [1.54, 1.807) is 4.90 Å². The molecule has 9 nitrogen and oxygen atoms in total. The lowest BCUT2D eigenvalue weighted by Crippen LogP contribution is -2.52. The standard InChI is InChI=1S/C19H23N5O4/c25-19(23-6-8-26-9-7-23)20-15-11-27-18-16(12-28-17(15)18)24-10-14(21-22-24)13-4-2-1-3-5-13/h1-5,10,15-18H,6-9,11-12H2,(H,20,25)/t15-,16-,17+,18+/m0/s1. The van der Waals surface area contributed by atoms with Crippen LogP contribution in [-0.4, -0.2) is 83.7 Å². The Balaban J connectivity index is 1.24. The van der Waals surface area contributed by atoms with E-state index >= 15 is 0 Å². The SMILES string of the molecule is O=C(N[C@H]1CO[C@H]2[C@@H]1OC[C@@H]2n1cc(-c2ccccc2)nn1)N1CCOCC1. The van der Waals surface area contributed by atoms with Gasteiger partial charge in [0, 0.05) is 18.7 Å². The van der Waals surface area contributed by atoms with Gasteiger partial charge in [-0.15, -0.1) is 5.10 Å². The zero-order valence-corrected chi connectivity index (χ0v) is 15.4. The van der Waals surface area contributed by atoms with Crippen molar-refractivity contribution in [2.75, 3.05) is 39.5 Å². The van der Waals surface area contributed by atoms with Gasteiger partial charge < -0.3 is 24.4 Å². The number of carbonyl (C=O) groups excluding carboxylic acids is 1. The van der Waals surface area contributed by atoms with E-state index < -0.39 is 0 Å². The zero-order chi connectivity index (χ0) is 18.9. The molecule has 4 heterocycles. The van der Waals surface area contributed by atoms with Crippen molar-refractivity contribution in [2.45, 2.75) is 24.3 Å². The fourth-order valence-electron chi connectivity index (χ4n) is 4.03. The van der Waals surface area contributed by atoms with Crippen LogP contribution in [0.3, 0.4) is 0 Å². The summed E-state index contributed by atoms with van der Waals surface area (Å²) in [5, 5.41) is 11.6. The van der Waals surface area contributed by atoms with Crippen LogP contribution in [-0.2, 0) is 14.2 Å². The van der Waals surface area contributed by atoms with Gasteiger partial charge >= 0.3 is 6.03 Å². The van der Waals surface area contributed by atoms with Crippen molar-refractivity contribution in [1.82, 2.24) is 25.2 Å². The number of aromatic nitrogens is 3. The second-order valence-corrected chi connectivity index (χ2v) is 7.27. The van der Waals surface area contributed by atoms with Crippen molar-refractivity contribution in [3.63, 3.8) is 0 Å². The molecule has 4 atom stereocenters. The number of fused-ring (bicyclic) bond motifs is 1. The third-order valence-corrected chi connectivity index (χ3v) is 5.55. The smallest absolute Gasteiger partial charge is 0.317 e. The molecule has 0 spiro atoms. The number of nitrogens with zero attached hydrogens (tertiary/aromatic N) is 4. The first-order chi connectivity index (χ1) is 13.8. The number of nitrogens with one attached hydrogen (secondary N) is 1. The molecular weight excluding hydrogens is 362 g/mol. The highest BCUT2D eigenvalue weighted by Gasteiger charge is 2.49. The second kappa shape index (κ2) is 7.50. The lowest BCUT2D eigenvalue weighted by molar-refractivity contribution is 0.0485. The maximum absolute atomic E-state index is 12.5. The van der Waals surface area contributed by atoms with Crippen LogP contribution in [0.1, 0.15) is 6.04 Å². The summed E-state index contributed by atoms with van der Waals surface area (Å²) in [6, 6.07) is 9.63. The molecule has 2 amide bonds. The minimum atomic E-state index is -0.181. The molecule has 5 rings (SSSR count). The average molecular weight is 385 g/mol. The molecule has 0 saturated carbocycles. The minimum Gasteiger partial charge on any atom is -0.378 e. The Morgan fingerprint density at radius 2 is 1.86 bits per heavy atom. The third kappa shape index (κ3) is 3.25. The fraction of sp³-hybridized carbons (Fsp3) is 0.526. The van der Waals surface area contributed by atoms with E-state index in [0.29, 0.717) is 39.5 Å². The summed E-state index contributed by atoms with van der Waals surface area (Å²) < 4.78 is 19.1. The monoisotopic (exact) mass is 385 g/mol. The van der Waals surface area contributed by atoms with E-state index in [4.69, 9.17) is 14.2 Å². The van der Waals surface area contributed by atoms with Crippen LogP contribution in [0.2, 0.25) is 0 Å². The van der Waals surface area contributed by atoms with Crippen molar-refractivity contribution >= 4 is 6.03 Å². The number of morpholine rings is 1. The molecule has 3 aliphatic rings. The molecule has 0 bridgehead atoms. The van der Waals surface area contributed by atoms with Gasteiger partial charge in [-0.05, 0) is 0 Å². The van der Waals surface area contributed by atoms with Crippen molar-refractivity contribution in [3.05, 3.63) is 36.5 Å². The number of hydrogen-bond donors (Lipinski definition) is 1. The summed E-state index contributed by atoms with van der Waals surface area (Å²) in [6.07, 6.45) is 1.59. The predicted molar refractivity (Wildman–Crippen MR) is 98.7 cm³/mol. The predicted octanol–water partition coefficient (Wildman–Crippen LogP) is 0.694. The summed E-state index contributed by atoms with van der Waals surface area (Å²) in [5.41, 5.74) is 1.84. The topological polar surface area (TPSA) is 90.7 Å². The van der Waals surface area contributed by atoms with Crippen LogP contribution in [0.4, 0.5) is 4.79 Å². The van der Waals surface area contributed by atoms with Crippen LogP contribution in [0.25, 0.3) is 11.3 Å². The molecule has 1 aromatic heterocycles. The van der Waals surface area contributed by atoms with Gasteiger partial charge in [0.1, 0.15) is 23.9 Å². The number of rotatable bonds is 3. The number of ether oxygens (including phenoxy) is 3. The van der Waals surface area contributed by atoms with E-state index in [1.165, 1.54) is 0 Å². The maximum atomic E-state index is 12.5. The van der Waals surface area contributed by atoms with Crippen LogP contribution in [0.5, 0.6) is 0 Å². The van der Waals surface area contributed by atoms with E-state index in [9.17, 15) is 4.79 Å². The molecule has 2 aromatic rings. The highest BCUT2D eigenvalue weighted by molar-refractivity contribution is 5.74. The number of benzene rings is 1. The van der Waals surface area contributed by atoms with Crippen molar-refractivity contribution < 1.29 is 19.0 Å². The Bertz CT molecular complexity index is 823. The molecule has 1 N–H and O–H groups in total. The molecule has 9 heteroatoms. The van der Waals surface area contributed by atoms with Crippen LogP contribution < -0.4 is 5.32 Å². The summed E-state index contributed by atoms with van der Waals surface area (Å²) in [7, 11) is 0. The summed E-state index contributed by atoms with van der Waals surface area (Å²) >= 11 is 0. The lowest BCUT2D eigenvalue weighted by atomic mass is 10.1. The van der Waals surface area contributed by atoms with Crippen LogP contribution in [0, 0.1) is 0 Å². The first-order valence-corrected chi connectivity index (χ1v) is 9.63. The Morgan fingerprint density at radius 3 is 2.68 bits per heavy atom. The van der Waals surface area contributed by atoms with E-state index in [2.05, 4.69) is 15.6 Å². The van der Waals surface area contributed by atoms with Gasteiger partial charge in [0.25, 0.3) is 0 Å². The van der Waals surface area contributed by atoms with Gasteiger partial charge in [-0.1, -0.05) is 35.5 Å². The van der Waals surface area contributed by atoms with E-state index in [-0.39, 0.29) is 30.3 Å². The molecule has 3 fully saturated rings. The highest BCUT2D eigenvalue weighted by Crippen LogP contribution is 2.34. The normalized spacial score (nSPS) is 29.6. The molecule has 1 aromatic carbocycles. The van der Waals surface area contributed by atoms with E-state index in [0.717, 1.165) is 11.3 Å². The van der Waals surface area contributed by atoms with Crippen LogP contribution in [0.15, 0.2) is 36.5 Å². The molecule has 0 unspecified atom stereocenters. The van der Waals surface area contributed by atoms with Gasteiger partial charge in [0.2, 0.25) is 0 Å². The summed E-state index contributed by atoms with van der Waals surface area (Å²) in [6.45, 7) is 3.29. The van der Waals surface area contributed by atoms with Gasteiger partial charge in [0.05, 0.1) is 38.7 Å². The second-order valence-electron chi connectivity index (χ2n) is 7.27. The number of amides is 2. The molecule has 28 heavy (non-hydrogen) atoms. The van der Waals surface area contributed by atoms with E-state index in [1.807, 2.05) is 41.2 Å². The molecule has 0 aliphatic carbocycles. The molecule has 3 saturated heterocycles. The molecular formula is C19H23N5O4. The lowest BCUT2D eigenvalue weighted by Gasteiger charge is -2.29. The first-order valence-electron chi connectivity index (χ1n) is 9.63. The first kappa shape index (κ1) is 17.6. The highest BCUT2D eigenvalue weighted by atomic mass is 16.6. The molecule has 148 valence electrons. The Hall–Kier alpha value is -2.49. The van der Waals surface area contributed by atoms with Gasteiger partial charge in [0.15, 0.2) is 0 Å².